The van der Waals surface area contributed by atoms with Crippen LogP contribution in [0.15, 0.2) is 218 Å². The number of aryl methyl sites for hydroxylation is 4. The summed E-state index contributed by atoms with van der Waals surface area (Å²) in [7, 11) is 7.01. The molecule has 92 heavy (non-hydrogen) atoms. The summed E-state index contributed by atoms with van der Waals surface area (Å²) in [5, 5.41) is 7.49. The Bertz CT molecular complexity index is 4220. The summed E-state index contributed by atoms with van der Waals surface area (Å²) >= 11 is 0. The minimum Gasteiger partial charge on any atom is -0.497 e. The summed E-state index contributed by atoms with van der Waals surface area (Å²) in [6.07, 6.45) is 11.5. The van der Waals surface area contributed by atoms with Gasteiger partial charge in [-0.15, -0.1) is 0 Å². The van der Waals surface area contributed by atoms with E-state index in [4.69, 9.17) is 18.9 Å². The van der Waals surface area contributed by atoms with Crippen LogP contribution in [-0.4, -0.2) is 28.4 Å². The first-order chi connectivity index (χ1) is 45.1. The SMILES string of the molecule is COc1ccc(N(c2ccc(C)cc2)c2cc(N(c3ccc(C)cc3)c3ccc(OC)cc3)c3c(C4CCCCC4)cc4c(N(c5ccc(C)cc5)c5ccc(OC)cc5)cc(N(c5ccc(C)cc5)c5ccc(OC)cc5)c5c(C6CCCCC6)cc2c3c45)cc1. The Kier molecular flexibility index (Phi) is 16.7. The van der Waals surface area contributed by atoms with Gasteiger partial charge in [0, 0.05) is 77.8 Å². The molecule has 2 saturated carbocycles. The van der Waals surface area contributed by atoms with E-state index in [1.54, 1.807) is 28.4 Å². The summed E-state index contributed by atoms with van der Waals surface area (Å²) in [6, 6.07) is 81.6. The van der Waals surface area contributed by atoms with Crippen LogP contribution in [-0.2, 0) is 0 Å². The van der Waals surface area contributed by atoms with Gasteiger partial charge in [-0.3, -0.25) is 0 Å². The standard InChI is InChI=1S/C84H82N4O4/c1-55-19-27-61(28-20-55)85(65-35-43-69(89-5)44-36-65)77-53-79(87(63-31-23-57(3)24-32-63)67-39-47-71(91-7)48-40-67)81-74(60-17-13-10-14-18-60)52-76-78(86(62-29-21-56(2)22-30-62)66-37-45-70(90-6)46-38-66)54-80(82-73(59-15-11-9-12-16-59)51-75(77)83(81)84(76)82)88(64-33-25-58(4)26-34-64)68-41-49-72(92-8)50-42-68/h19-54,59-60H,9-18H2,1-8H3. The summed E-state index contributed by atoms with van der Waals surface area (Å²) < 4.78 is 23.7. The lowest BCUT2D eigenvalue weighted by molar-refractivity contribution is 0.414. The van der Waals surface area contributed by atoms with Crippen LogP contribution in [0.4, 0.5) is 68.2 Å². The molecule has 2 aliphatic rings. The summed E-state index contributed by atoms with van der Waals surface area (Å²) in [6.45, 7) is 8.73. The van der Waals surface area contributed by atoms with E-state index >= 15 is 0 Å². The molecule has 0 unspecified atom stereocenters. The van der Waals surface area contributed by atoms with Gasteiger partial charge in [0.2, 0.25) is 0 Å². The van der Waals surface area contributed by atoms with Crippen molar-refractivity contribution in [2.24, 2.45) is 0 Å². The van der Waals surface area contributed by atoms with Crippen LogP contribution in [0.3, 0.4) is 0 Å². The van der Waals surface area contributed by atoms with Gasteiger partial charge in [0.15, 0.2) is 0 Å². The number of anilines is 12. The van der Waals surface area contributed by atoms with Crippen molar-refractivity contribution in [2.75, 3.05) is 48.0 Å². The van der Waals surface area contributed by atoms with E-state index in [0.29, 0.717) is 0 Å². The highest BCUT2D eigenvalue weighted by molar-refractivity contribution is 6.34. The normalized spacial score (nSPS) is 13.8. The van der Waals surface area contributed by atoms with Crippen molar-refractivity contribution in [3.05, 3.63) is 252 Å². The third-order valence-corrected chi connectivity index (χ3v) is 19.6. The molecule has 0 spiro atoms. The fraction of sp³-hybridized carbons (Fsp3) is 0.238. The Morgan fingerprint density at radius 1 is 0.250 bits per heavy atom. The van der Waals surface area contributed by atoms with Gasteiger partial charge in [-0.05, 0) is 246 Å². The Hall–Kier alpha value is -9.92. The molecular weight excluding hydrogens is 1130 g/mol. The first-order valence-corrected chi connectivity index (χ1v) is 33.0. The van der Waals surface area contributed by atoms with Crippen molar-refractivity contribution in [1.82, 2.24) is 0 Å². The second kappa shape index (κ2) is 25.8. The van der Waals surface area contributed by atoms with Crippen molar-refractivity contribution in [3.8, 4) is 23.0 Å². The third kappa shape index (κ3) is 11.3. The van der Waals surface area contributed by atoms with Gasteiger partial charge in [0.05, 0.1) is 51.2 Å². The predicted octanol–water partition coefficient (Wildman–Crippen LogP) is 23.8. The number of benzene rings is 12. The fourth-order valence-electron chi connectivity index (χ4n) is 14.8. The Morgan fingerprint density at radius 3 is 0.696 bits per heavy atom. The van der Waals surface area contributed by atoms with Crippen LogP contribution >= 0.6 is 0 Å². The van der Waals surface area contributed by atoms with Gasteiger partial charge in [-0.25, -0.2) is 0 Å². The van der Waals surface area contributed by atoms with Gasteiger partial charge in [0.1, 0.15) is 23.0 Å². The third-order valence-electron chi connectivity index (χ3n) is 19.6. The second-order valence-electron chi connectivity index (χ2n) is 25.5. The van der Waals surface area contributed by atoms with Crippen molar-refractivity contribution < 1.29 is 18.9 Å². The van der Waals surface area contributed by atoms with Gasteiger partial charge in [-0.1, -0.05) is 109 Å². The smallest absolute Gasteiger partial charge is 0.119 e. The molecule has 12 aromatic rings. The van der Waals surface area contributed by atoms with Gasteiger partial charge >= 0.3 is 0 Å². The molecule has 0 aromatic heterocycles. The molecule has 0 atom stereocenters. The van der Waals surface area contributed by atoms with E-state index < -0.39 is 0 Å². The van der Waals surface area contributed by atoms with Crippen LogP contribution in [0, 0.1) is 27.7 Å². The van der Waals surface area contributed by atoms with Crippen LogP contribution in [0.2, 0.25) is 0 Å². The van der Waals surface area contributed by atoms with Gasteiger partial charge < -0.3 is 38.5 Å². The molecule has 2 fully saturated rings. The minimum absolute atomic E-state index is 0.271. The first kappa shape index (κ1) is 59.7. The van der Waals surface area contributed by atoms with E-state index in [1.165, 1.54) is 104 Å². The number of nitrogens with zero attached hydrogens (tertiary/aromatic N) is 4. The Labute approximate surface area is 543 Å². The molecule has 0 saturated heterocycles. The van der Waals surface area contributed by atoms with Crippen molar-refractivity contribution >= 4 is 101 Å². The monoisotopic (exact) mass is 1210 g/mol. The van der Waals surface area contributed by atoms with Crippen LogP contribution in [0.5, 0.6) is 23.0 Å². The molecule has 0 N–H and O–H groups in total. The van der Waals surface area contributed by atoms with Gasteiger partial charge in [0.25, 0.3) is 0 Å². The topological polar surface area (TPSA) is 49.9 Å². The predicted molar refractivity (Wildman–Crippen MR) is 386 cm³/mol. The molecule has 0 aliphatic heterocycles. The maximum absolute atomic E-state index is 5.93. The van der Waals surface area contributed by atoms with E-state index in [9.17, 15) is 0 Å². The quantitative estimate of drug-likeness (QED) is 0.0788. The molecule has 14 rings (SSSR count). The zero-order chi connectivity index (χ0) is 63.0. The Morgan fingerprint density at radius 2 is 0.467 bits per heavy atom. The highest BCUT2D eigenvalue weighted by atomic mass is 16.5. The molecule has 462 valence electrons. The molecule has 0 amide bonds. The average Bonchev–Trinajstić information content (AvgIpc) is 0.688. The average molecular weight is 1210 g/mol. The highest BCUT2D eigenvalue weighted by Crippen LogP contribution is 2.60. The largest absolute Gasteiger partial charge is 0.497 e. The van der Waals surface area contributed by atoms with Crippen LogP contribution in [0.25, 0.3) is 32.3 Å². The maximum Gasteiger partial charge on any atom is 0.119 e. The van der Waals surface area contributed by atoms with E-state index in [0.717, 1.165) is 117 Å². The summed E-state index contributed by atoms with van der Waals surface area (Å²) in [4.78, 5) is 10.1. The molecule has 8 heteroatoms. The number of rotatable bonds is 18. The van der Waals surface area contributed by atoms with E-state index in [1.807, 2.05) is 0 Å². The fourth-order valence-corrected chi connectivity index (χ4v) is 14.8. The van der Waals surface area contributed by atoms with Crippen molar-refractivity contribution in [3.63, 3.8) is 0 Å². The molecule has 12 aromatic carbocycles. The highest BCUT2D eigenvalue weighted by Gasteiger charge is 2.35. The molecule has 0 heterocycles. The maximum atomic E-state index is 5.93. The molecule has 0 bridgehead atoms. The molecule has 8 nitrogen and oxygen atoms in total. The number of hydrogen-bond donors (Lipinski definition) is 0. The summed E-state index contributed by atoms with van der Waals surface area (Å²) in [5.41, 5.74) is 20.4. The first-order valence-electron chi connectivity index (χ1n) is 33.0. The Balaban J connectivity index is 1.26. The molecule has 0 radical (unpaired) electrons. The van der Waals surface area contributed by atoms with Crippen molar-refractivity contribution in [1.29, 1.82) is 0 Å². The lowest BCUT2D eigenvalue weighted by atomic mass is 9.75. The zero-order valence-electron chi connectivity index (χ0n) is 54.4. The lowest BCUT2D eigenvalue weighted by Gasteiger charge is -2.37. The van der Waals surface area contributed by atoms with Crippen molar-refractivity contribution in [2.45, 2.75) is 104 Å². The lowest BCUT2D eigenvalue weighted by Crippen LogP contribution is -2.18. The van der Waals surface area contributed by atoms with Gasteiger partial charge in [-0.2, -0.15) is 0 Å². The van der Waals surface area contributed by atoms with E-state index in [-0.39, 0.29) is 11.8 Å². The minimum atomic E-state index is 0.271. The molecule has 2 aliphatic carbocycles. The number of hydrogen-bond acceptors (Lipinski definition) is 8. The summed E-state index contributed by atoms with van der Waals surface area (Å²) in [5.74, 6) is 3.77. The van der Waals surface area contributed by atoms with Crippen LogP contribution < -0.4 is 38.5 Å². The molecular formula is C84H82N4O4. The second-order valence-corrected chi connectivity index (χ2v) is 25.5. The number of ether oxygens (including phenoxy) is 4. The number of methoxy groups -OCH3 is 4. The zero-order valence-corrected chi connectivity index (χ0v) is 54.4. The van der Waals surface area contributed by atoms with Crippen LogP contribution in [0.1, 0.15) is 109 Å². The van der Waals surface area contributed by atoms with E-state index in [2.05, 4.69) is 266 Å².